The summed E-state index contributed by atoms with van der Waals surface area (Å²) < 4.78 is 4.11. The zero-order chi connectivity index (χ0) is 11.0. The van der Waals surface area contributed by atoms with Crippen molar-refractivity contribution in [2.45, 2.75) is 20.3 Å². The van der Waals surface area contributed by atoms with E-state index in [4.69, 9.17) is 0 Å². The SMILES string of the molecule is CC(C)Cc1nc(Br)c2cccc(Br)n12. The molecule has 0 aliphatic heterocycles. The third-order valence-corrected chi connectivity index (χ3v) is 3.43. The summed E-state index contributed by atoms with van der Waals surface area (Å²) in [4.78, 5) is 4.54. The molecule has 0 aliphatic rings. The lowest BCUT2D eigenvalue weighted by Gasteiger charge is -2.05. The van der Waals surface area contributed by atoms with Crippen LogP contribution in [0.1, 0.15) is 19.7 Å². The van der Waals surface area contributed by atoms with Crippen molar-refractivity contribution in [2.75, 3.05) is 0 Å². The Kier molecular flexibility index (Phi) is 3.16. The van der Waals surface area contributed by atoms with Crippen LogP contribution in [0.15, 0.2) is 27.4 Å². The topological polar surface area (TPSA) is 17.3 Å². The minimum atomic E-state index is 0.606. The van der Waals surface area contributed by atoms with E-state index in [9.17, 15) is 0 Å². The molecule has 0 spiro atoms. The van der Waals surface area contributed by atoms with Crippen molar-refractivity contribution in [3.05, 3.63) is 33.2 Å². The van der Waals surface area contributed by atoms with Crippen LogP contribution < -0.4 is 0 Å². The van der Waals surface area contributed by atoms with Gasteiger partial charge in [0.2, 0.25) is 0 Å². The molecule has 2 aromatic rings. The molecule has 0 N–H and O–H groups in total. The van der Waals surface area contributed by atoms with Crippen LogP contribution in [0.25, 0.3) is 5.52 Å². The van der Waals surface area contributed by atoms with Gasteiger partial charge in [-0.15, -0.1) is 0 Å². The summed E-state index contributed by atoms with van der Waals surface area (Å²) in [5, 5.41) is 0. The van der Waals surface area contributed by atoms with E-state index in [1.165, 1.54) is 0 Å². The molecule has 0 unspecified atom stereocenters. The molecule has 0 bridgehead atoms. The summed E-state index contributed by atoms with van der Waals surface area (Å²) in [5.41, 5.74) is 1.11. The standard InChI is InChI=1S/C11H12Br2N2/c1-7(2)6-10-14-11(13)8-4-3-5-9(12)15(8)10/h3-5,7H,6H2,1-2H3. The fourth-order valence-electron chi connectivity index (χ4n) is 1.63. The molecule has 0 atom stereocenters. The smallest absolute Gasteiger partial charge is 0.132 e. The molecule has 4 heteroatoms. The first-order chi connectivity index (χ1) is 7.09. The Hall–Kier alpha value is -0.350. The fraction of sp³-hybridized carbons (Fsp3) is 0.364. The highest BCUT2D eigenvalue weighted by molar-refractivity contribution is 9.11. The lowest BCUT2D eigenvalue weighted by atomic mass is 10.1. The second-order valence-electron chi connectivity index (χ2n) is 3.99. The number of aromatic nitrogens is 2. The van der Waals surface area contributed by atoms with Crippen LogP contribution in [-0.4, -0.2) is 9.38 Å². The predicted molar refractivity (Wildman–Crippen MR) is 69.1 cm³/mol. The number of hydrogen-bond donors (Lipinski definition) is 0. The first-order valence-electron chi connectivity index (χ1n) is 4.91. The second kappa shape index (κ2) is 4.26. The molecule has 2 nitrogen and oxygen atoms in total. The summed E-state index contributed by atoms with van der Waals surface area (Å²) in [6.45, 7) is 4.40. The van der Waals surface area contributed by atoms with Gasteiger partial charge in [-0.2, -0.15) is 0 Å². The minimum Gasteiger partial charge on any atom is -0.289 e. The van der Waals surface area contributed by atoms with Crippen molar-refractivity contribution in [1.29, 1.82) is 0 Å². The van der Waals surface area contributed by atoms with Gasteiger partial charge in [-0.05, 0) is 49.9 Å². The summed E-state index contributed by atoms with van der Waals surface area (Å²) in [6.07, 6.45) is 0.982. The van der Waals surface area contributed by atoms with Gasteiger partial charge in [0.15, 0.2) is 0 Å². The van der Waals surface area contributed by atoms with Gasteiger partial charge >= 0.3 is 0 Å². The van der Waals surface area contributed by atoms with Crippen LogP contribution in [-0.2, 0) is 6.42 Å². The van der Waals surface area contributed by atoms with Gasteiger partial charge in [-0.3, -0.25) is 4.40 Å². The largest absolute Gasteiger partial charge is 0.289 e. The van der Waals surface area contributed by atoms with Crippen molar-refractivity contribution < 1.29 is 0 Å². The number of imidazole rings is 1. The quantitative estimate of drug-likeness (QED) is 0.758. The second-order valence-corrected chi connectivity index (χ2v) is 5.55. The number of rotatable bonds is 2. The van der Waals surface area contributed by atoms with E-state index in [2.05, 4.69) is 61.2 Å². The molecule has 15 heavy (non-hydrogen) atoms. The van der Waals surface area contributed by atoms with Crippen LogP contribution in [0.4, 0.5) is 0 Å². The first kappa shape index (κ1) is 11.1. The highest BCUT2D eigenvalue weighted by Crippen LogP contribution is 2.24. The third kappa shape index (κ3) is 2.11. The van der Waals surface area contributed by atoms with Gasteiger partial charge in [0.05, 0.1) is 10.1 Å². The van der Waals surface area contributed by atoms with Gasteiger partial charge in [-0.1, -0.05) is 19.9 Å². The van der Waals surface area contributed by atoms with Gasteiger partial charge in [-0.25, -0.2) is 4.98 Å². The zero-order valence-corrected chi connectivity index (χ0v) is 11.8. The predicted octanol–water partition coefficient (Wildman–Crippen LogP) is 4.06. The van der Waals surface area contributed by atoms with Crippen molar-refractivity contribution in [2.24, 2.45) is 5.92 Å². The number of halogens is 2. The summed E-state index contributed by atoms with van der Waals surface area (Å²) in [5.74, 6) is 1.70. The number of hydrogen-bond acceptors (Lipinski definition) is 1. The molecule has 2 rings (SSSR count). The molecule has 0 saturated heterocycles. The molecule has 2 heterocycles. The van der Waals surface area contributed by atoms with Gasteiger partial charge < -0.3 is 0 Å². The van der Waals surface area contributed by atoms with E-state index >= 15 is 0 Å². The molecular weight excluding hydrogens is 320 g/mol. The summed E-state index contributed by atoms with van der Waals surface area (Å²) in [7, 11) is 0. The zero-order valence-electron chi connectivity index (χ0n) is 8.67. The maximum Gasteiger partial charge on any atom is 0.132 e. The van der Waals surface area contributed by atoms with Gasteiger partial charge in [0.25, 0.3) is 0 Å². The molecule has 0 radical (unpaired) electrons. The minimum absolute atomic E-state index is 0.606. The summed E-state index contributed by atoms with van der Waals surface area (Å²) in [6, 6.07) is 6.11. The molecule has 0 aromatic carbocycles. The number of fused-ring (bicyclic) bond motifs is 1. The van der Waals surface area contributed by atoms with Crippen LogP contribution in [0, 0.1) is 5.92 Å². The molecule has 80 valence electrons. The Morgan fingerprint density at radius 1 is 1.33 bits per heavy atom. The van der Waals surface area contributed by atoms with Gasteiger partial charge in [0, 0.05) is 6.42 Å². The van der Waals surface area contributed by atoms with E-state index in [-0.39, 0.29) is 0 Å². The Morgan fingerprint density at radius 2 is 2.07 bits per heavy atom. The maximum atomic E-state index is 4.54. The molecule has 0 amide bonds. The molecule has 0 aliphatic carbocycles. The van der Waals surface area contributed by atoms with E-state index in [1.807, 2.05) is 12.1 Å². The van der Waals surface area contributed by atoms with E-state index in [0.717, 1.165) is 27.0 Å². The van der Waals surface area contributed by atoms with E-state index in [1.54, 1.807) is 0 Å². The van der Waals surface area contributed by atoms with Crippen LogP contribution in [0.5, 0.6) is 0 Å². The highest BCUT2D eigenvalue weighted by atomic mass is 79.9. The van der Waals surface area contributed by atoms with Crippen LogP contribution >= 0.6 is 31.9 Å². The Labute approximate surface area is 106 Å². The molecule has 0 saturated carbocycles. The monoisotopic (exact) mass is 330 g/mol. The maximum absolute atomic E-state index is 4.54. The third-order valence-electron chi connectivity index (χ3n) is 2.23. The van der Waals surface area contributed by atoms with Crippen molar-refractivity contribution in [1.82, 2.24) is 9.38 Å². The summed E-state index contributed by atoms with van der Waals surface area (Å²) >= 11 is 7.04. The van der Waals surface area contributed by atoms with Crippen molar-refractivity contribution in [3.63, 3.8) is 0 Å². The molecule has 0 fully saturated rings. The Morgan fingerprint density at radius 3 is 2.73 bits per heavy atom. The molecule has 2 aromatic heterocycles. The fourth-order valence-corrected chi connectivity index (χ4v) is 2.69. The van der Waals surface area contributed by atoms with E-state index in [0.29, 0.717) is 5.92 Å². The van der Waals surface area contributed by atoms with Crippen LogP contribution in [0.2, 0.25) is 0 Å². The lowest BCUT2D eigenvalue weighted by molar-refractivity contribution is 0.617. The number of pyridine rings is 1. The Balaban J connectivity index is 2.65. The van der Waals surface area contributed by atoms with Gasteiger partial charge in [0.1, 0.15) is 10.4 Å². The normalized spacial score (nSPS) is 11.5. The van der Waals surface area contributed by atoms with Crippen molar-refractivity contribution in [3.8, 4) is 0 Å². The molecular formula is C11H12Br2N2. The lowest BCUT2D eigenvalue weighted by Crippen LogP contribution is -2.01. The highest BCUT2D eigenvalue weighted by Gasteiger charge is 2.11. The number of nitrogens with zero attached hydrogens (tertiary/aromatic N) is 2. The average molecular weight is 332 g/mol. The Bertz CT molecular complexity index is 489. The van der Waals surface area contributed by atoms with E-state index < -0.39 is 0 Å². The van der Waals surface area contributed by atoms with Crippen LogP contribution in [0.3, 0.4) is 0 Å². The van der Waals surface area contributed by atoms with Crippen molar-refractivity contribution >= 4 is 37.4 Å². The average Bonchev–Trinajstić information content (AvgIpc) is 2.44. The first-order valence-corrected chi connectivity index (χ1v) is 6.49.